The summed E-state index contributed by atoms with van der Waals surface area (Å²) in [4.78, 5) is 20.0. The Bertz CT molecular complexity index is 846. The second-order valence-electron chi connectivity index (χ2n) is 9.02. The largest absolute Gasteiger partial charge is 0.381 e. The molecule has 1 aliphatic carbocycles. The number of hydrogen-bond acceptors (Lipinski definition) is 6. The molecule has 3 aliphatic rings. The van der Waals surface area contributed by atoms with Crippen molar-refractivity contribution in [2.24, 2.45) is 11.3 Å². The zero-order chi connectivity index (χ0) is 21.2. The summed E-state index contributed by atoms with van der Waals surface area (Å²) < 4.78 is 29.6. The normalized spacial score (nSPS) is 25.4. The number of piperidine rings is 1. The summed E-state index contributed by atoms with van der Waals surface area (Å²) in [6.45, 7) is 5.54. The molecule has 3 fully saturated rings. The Labute approximate surface area is 179 Å². The molecule has 2 unspecified atom stereocenters. The monoisotopic (exact) mass is 435 g/mol. The minimum Gasteiger partial charge on any atom is -0.381 e. The smallest absolute Gasteiger partial charge is 0.223 e. The molecule has 4 rings (SSSR count). The van der Waals surface area contributed by atoms with Gasteiger partial charge < -0.3 is 15.0 Å². The van der Waals surface area contributed by atoms with Crippen molar-refractivity contribution in [3.63, 3.8) is 0 Å². The Balaban J connectivity index is 1.50. The van der Waals surface area contributed by atoms with Crippen LogP contribution in [-0.2, 0) is 25.9 Å². The summed E-state index contributed by atoms with van der Waals surface area (Å²) in [5.41, 5.74) is 0.951. The SMILES string of the molecule is CCS(=O)(=O)c1ccc(CN(C(=O)CCC2CCOC2)C2CCNCC23CC3)nc1. The number of sulfone groups is 1. The lowest BCUT2D eigenvalue weighted by Crippen LogP contribution is -2.52. The first kappa shape index (κ1) is 21.7. The van der Waals surface area contributed by atoms with Gasteiger partial charge in [0.05, 0.1) is 22.9 Å². The third kappa shape index (κ3) is 4.70. The van der Waals surface area contributed by atoms with Crippen LogP contribution in [0.5, 0.6) is 0 Å². The van der Waals surface area contributed by atoms with Gasteiger partial charge in [-0.05, 0) is 56.7 Å². The summed E-state index contributed by atoms with van der Waals surface area (Å²) in [5.74, 6) is 0.726. The molecular formula is C22H33N3O4S. The van der Waals surface area contributed by atoms with Gasteiger partial charge in [0.15, 0.2) is 9.84 Å². The van der Waals surface area contributed by atoms with Crippen molar-refractivity contribution in [2.75, 3.05) is 32.1 Å². The van der Waals surface area contributed by atoms with Crippen LogP contribution in [-0.4, -0.2) is 62.3 Å². The van der Waals surface area contributed by atoms with Crippen LogP contribution in [0.4, 0.5) is 0 Å². The molecular weight excluding hydrogens is 402 g/mol. The Morgan fingerprint density at radius 1 is 1.33 bits per heavy atom. The van der Waals surface area contributed by atoms with E-state index < -0.39 is 9.84 Å². The molecule has 1 N–H and O–H groups in total. The van der Waals surface area contributed by atoms with Crippen molar-refractivity contribution in [2.45, 2.75) is 62.9 Å². The fourth-order valence-electron chi connectivity index (χ4n) is 4.84. The highest BCUT2D eigenvalue weighted by Crippen LogP contribution is 2.52. The van der Waals surface area contributed by atoms with E-state index in [9.17, 15) is 13.2 Å². The maximum Gasteiger partial charge on any atom is 0.223 e. The van der Waals surface area contributed by atoms with E-state index in [0.29, 0.717) is 18.9 Å². The van der Waals surface area contributed by atoms with Gasteiger partial charge in [0.2, 0.25) is 5.91 Å². The molecule has 1 aromatic heterocycles. The van der Waals surface area contributed by atoms with Crippen LogP contribution in [0.1, 0.15) is 51.1 Å². The number of pyridine rings is 1. The first-order chi connectivity index (χ1) is 14.4. The van der Waals surface area contributed by atoms with Crippen LogP contribution in [0, 0.1) is 11.3 Å². The standard InChI is InChI=1S/C22H33N3O4S/c1-2-30(27,28)19-5-4-18(24-13-19)14-25(20-7-11-23-16-22(20)9-10-22)21(26)6-3-17-8-12-29-15-17/h4-5,13,17,20,23H,2-3,6-12,14-16H2,1H3. The van der Waals surface area contributed by atoms with Crippen LogP contribution in [0.3, 0.4) is 0 Å². The number of ether oxygens (including phenoxy) is 1. The molecule has 1 saturated carbocycles. The maximum atomic E-state index is 13.3. The van der Waals surface area contributed by atoms with E-state index in [0.717, 1.165) is 64.1 Å². The van der Waals surface area contributed by atoms with Gasteiger partial charge in [0.1, 0.15) is 0 Å². The lowest BCUT2D eigenvalue weighted by atomic mass is 9.88. The van der Waals surface area contributed by atoms with Crippen molar-refractivity contribution >= 4 is 15.7 Å². The second-order valence-corrected chi connectivity index (χ2v) is 11.3. The Hall–Kier alpha value is -1.51. The number of hydrogen-bond donors (Lipinski definition) is 1. The van der Waals surface area contributed by atoms with E-state index in [2.05, 4.69) is 10.3 Å². The number of rotatable bonds is 8. The van der Waals surface area contributed by atoms with Gasteiger partial charge in [-0.2, -0.15) is 0 Å². The number of aromatic nitrogens is 1. The number of carbonyl (C=O) groups excluding carboxylic acids is 1. The predicted molar refractivity (Wildman–Crippen MR) is 114 cm³/mol. The van der Waals surface area contributed by atoms with E-state index in [1.165, 1.54) is 6.20 Å². The minimum absolute atomic E-state index is 0.0567. The van der Waals surface area contributed by atoms with Crippen molar-refractivity contribution in [1.29, 1.82) is 0 Å². The number of amides is 1. The van der Waals surface area contributed by atoms with Crippen LogP contribution in [0.25, 0.3) is 0 Å². The molecule has 30 heavy (non-hydrogen) atoms. The predicted octanol–water partition coefficient (Wildman–Crippen LogP) is 2.16. The molecule has 1 amide bonds. The summed E-state index contributed by atoms with van der Waals surface area (Å²) in [6, 6.07) is 3.61. The minimum atomic E-state index is -3.27. The molecule has 2 atom stereocenters. The fraction of sp³-hybridized carbons (Fsp3) is 0.727. The zero-order valence-electron chi connectivity index (χ0n) is 17.8. The summed E-state index contributed by atoms with van der Waals surface area (Å²) in [6.07, 6.45) is 7.16. The van der Waals surface area contributed by atoms with Crippen LogP contribution in [0.2, 0.25) is 0 Å². The molecule has 8 heteroatoms. The third-order valence-corrected chi connectivity index (χ3v) is 8.75. The highest BCUT2D eigenvalue weighted by molar-refractivity contribution is 7.91. The molecule has 166 valence electrons. The molecule has 1 aromatic rings. The highest BCUT2D eigenvalue weighted by atomic mass is 32.2. The zero-order valence-corrected chi connectivity index (χ0v) is 18.6. The average Bonchev–Trinajstić information content (AvgIpc) is 3.31. The number of nitrogens with zero attached hydrogens (tertiary/aromatic N) is 2. The van der Waals surface area contributed by atoms with E-state index in [1.807, 2.05) is 4.90 Å². The summed E-state index contributed by atoms with van der Waals surface area (Å²) in [5, 5.41) is 3.50. The molecule has 0 aromatic carbocycles. The van der Waals surface area contributed by atoms with Gasteiger partial charge >= 0.3 is 0 Å². The van der Waals surface area contributed by atoms with Crippen LogP contribution in [0.15, 0.2) is 23.2 Å². The van der Waals surface area contributed by atoms with Gasteiger partial charge in [-0.15, -0.1) is 0 Å². The average molecular weight is 436 g/mol. The van der Waals surface area contributed by atoms with Gasteiger partial charge in [-0.1, -0.05) is 6.92 Å². The van der Waals surface area contributed by atoms with Gasteiger partial charge in [0, 0.05) is 43.8 Å². The van der Waals surface area contributed by atoms with Crippen molar-refractivity contribution in [1.82, 2.24) is 15.2 Å². The Morgan fingerprint density at radius 2 is 2.17 bits per heavy atom. The van der Waals surface area contributed by atoms with E-state index >= 15 is 0 Å². The molecule has 0 radical (unpaired) electrons. The fourth-order valence-corrected chi connectivity index (χ4v) is 5.66. The first-order valence-corrected chi connectivity index (χ1v) is 12.8. The molecule has 0 bridgehead atoms. The summed E-state index contributed by atoms with van der Waals surface area (Å²) >= 11 is 0. The lowest BCUT2D eigenvalue weighted by molar-refractivity contribution is -0.137. The van der Waals surface area contributed by atoms with E-state index in [1.54, 1.807) is 19.1 Å². The third-order valence-electron chi connectivity index (χ3n) is 7.03. The molecule has 2 aliphatic heterocycles. The molecule has 7 nitrogen and oxygen atoms in total. The first-order valence-electron chi connectivity index (χ1n) is 11.2. The number of nitrogens with one attached hydrogen (secondary N) is 1. The van der Waals surface area contributed by atoms with E-state index in [-0.39, 0.29) is 28.0 Å². The van der Waals surface area contributed by atoms with Gasteiger partial charge in [-0.25, -0.2) is 8.42 Å². The number of carbonyl (C=O) groups is 1. The van der Waals surface area contributed by atoms with Crippen molar-refractivity contribution < 1.29 is 17.9 Å². The summed E-state index contributed by atoms with van der Waals surface area (Å²) in [7, 11) is -3.27. The van der Waals surface area contributed by atoms with Crippen LogP contribution >= 0.6 is 0 Å². The maximum absolute atomic E-state index is 13.3. The van der Waals surface area contributed by atoms with Crippen molar-refractivity contribution in [3.8, 4) is 0 Å². The molecule has 1 spiro atoms. The van der Waals surface area contributed by atoms with Gasteiger partial charge in [0.25, 0.3) is 0 Å². The Morgan fingerprint density at radius 3 is 2.80 bits per heavy atom. The topological polar surface area (TPSA) is 88.6 Å². The highest BCUT2D eigenvalue weighted by Gasteiger charge is 2.53. The molecule has 3 heterocycles. The quantitative estimate of drug-likeness (QED) is 0.673. The second kappa shape index (κ2) is 8.93. The van der Waals surface area contributed by atoms with Crippen LogP contribution < -0.4 is 5.32 Å². The van der Waals surface area contributed by atoms with E-state index in [4.69, 9.17) is 4.74 Å². The van der Waals surface area contributed by atoms with Gasteiger partial charge in [-0.3, -0.25) is 9.78 Å². The molecule has 2 saturated heterocycles. The Kier molecular flexibility index (Phi) is 6.46. The van der Waals surface area contributed by atoms with Crippen molar-refractivity contribution in [3.05, 3.63) is 24.0 Å². The lowest BCUT2D eigenvalue weighted by Gasteiger charge is -2.41.